The molecule has 0 aromatic heterocycles. The Hall–Kier alpha value is -1.94. The minimum atomic E-state index is -5.17. The third-order valence-electron chi connectivity index (χ3n) is 2.17. The first-order chi connectivity index (χ1) is 9.12. The zero-order valence-electron chi connectivity index (χ0n) is 9.49. The second-order valence-electron chi connectivity index (χ2n) is 3.62. The second kappa shape index (κ2) is 4.87. The van der Waals surface area contributed by atoms with Crippen molar-refractivity contribution in [3.05, 3.63) is 36.4 Å². The lowest BCUT2D eigenvalue weighted by atomic mass is 10.1. The van der Waals surface area contributed by atoms with E-state index in [1.54, 1.807) is 0 Å². The smallest absolute Gasteiger partial charge is 0.358 e. The van der Waals surface area contributed by atoms with Crippen LogP contribution in [0.3, 0.4) is 0 Å². The molecule has 0 saturated carbocycles. The third kappa shape index (κ3) is 4.03. The Bertz CT molecular complexity index is 792. The molecule has 0 fully saturated rings. The van der Waals surface area contributed by atoms with E-state index < -0.39 is 21.0 Å². The topological polar surface area (TPSA) is 86.7 Å². The van der Waals surface area contributed by atoms with E-state index in [9.17, 15) is 24.6 Å². The van der Waals surface area contributed by atoms with Gasteiger partial charge >= 0.3 is 21.0 Å². The van der Waals surface area contributed by atoms with E-state index in [0.29, 0.717) is 5.39 Å². The first-order valence-electron chi connectivity index (χ1n) is 4.94. The minimum absolute atomic E-state index is 0.271. The molecule has 2 rings (SSSR count). The van der Waals surface area contributed by atoms with Crippen molar-refractivity contribution in [3.8, 4) is 11.5 Å². The largest absolute Gasteiger partial charge is 0.488 e. The van der Waals surface area contributed by atoms with Crippen LogP contribution in [-0.2, 0) is 21.0 Å². The van der Waals surface area contributed by atoms with Gasteiger partial charge in [-0.25, -0.2) is 0 Å². The number of halogens is 2. The van der Waals surface area contributed by atoms with Gasteiger partial charge in [-0.3, -0.25) is 0 Å². The van der Waals surface area contributed by atoms with Gasteiger partial charge in [-0.15, -0.1) is 0 Å². The van der Waals surface area contributed by atoms with Crippen LogP contribution in [0.1, 0.15) is 0 Å². The van der Waals surface area contributed by atoms with Gasteiger partial charge in [-0.2, -0.15) is 16.8 Å². The Kier molecular flexibility index (Phi) is 3.52. The van der Waals surface area contributed by atoms with Crippen LogP contribution in [0.15, 0.2) is 36.4 Å². The molecule has 0 aliphatic heterocycles. The molecule has 0 aliphatic rings. The van der Waals surface area contributed by atoms with Gasteiger partial charge in [0.2, 0.25) is 0 Å². The van der Waals surface area contributed by atoms with Crippen molar-refractivity contribution in [2.75, 3.05) is 0 Å². The van der Waals surface area contributed by atoms with Gasteiger partial charge in [0.15, 0.2) is 0 Å². The van der Waals surface area contributed by atoms with Crippen molar-refractivity contribution in [2.24, 2.45) is 0 Å². The molecule has 0 unspecified atom stereocenters. The fourth-order valence-corrected chi connectivity index (χ4v) is 2.20. The maximum absolute atomic E-state index is 12.4. The van der Waals surface area contributed by atoms with E-state index in [1.807, 2.05) is 0 Å². The first kappa shape index (κ1) is 14.5. The summed E-state index contributed by atoms with van der Waals surface area (Å²) in [4.78, 5) is 0. The Morgan fingerprint density at radius 2 is 1.10 bits per heavy atom. The normalized spacial score (nSPS) is 12.3. The molecule has 20 heavy (non-hydrogen) atoms. The molecular weight excluding hydrogens is 318 g/mol. The lowest BCUT2D eigenvalue weighted by molar-refractivity contribution is 0.439. The van der Waals surface area contributed by atoms with E-state index in [0.717, 1.165) is 12.1 Å². The lowest BCUT2D eigenvalue weighted by Crippen LogP contribution is -2.01. The molecule has 0 radical (unpaired) electrons. The summed E-state index contributed by atoms with van der Waals surface area (Å²) >= 11 is 0. The zero-order valence-corrected chi connectivity index (χ0v) is 11.1. The summed E-state index contributed by atoms with van der Waals surface area (Å²) in [5.41, 5.74) is 0. The van der Waals surface area contributed by atoms with Crippen LogP contribution in [0.2, 0.25) is 0 Å². The van der Waals surface area contributed by atoms with Crippen LogP contribution in [-0.4, -0.2) is 16.8 Å². The van der Waals surface area contributed by atoms with Crippen molar-refractivity contribution in [3.63, 3.8) is 0 Å². The van der Waals surface area contributed by atoms with Gasteiger partial charge in [-0.05, 0) is 35.0 Å². The number of fused-ring (bicyclic) bond motifs is 1. The van der Waals surface area contributed by atoms with Crippen molar-refractivity contribution >= 4 is 31.8 Å². The van der Waals surface area contributed by atoms with Gasteiger partial charge in [0, 0.05) is 0 Å². The van der Waals surface area contributed by atoms with Crippen LogP contribution < -0.4 is 8.37 Å². The quantitative estimate of drug-likeness (QED) is 0.800. The molecule has 0 heterocycles. The second-order valence-corrected chi connectivity index (χ2v) is 5.53. The number of hydrogen-bond donors (Lipinski definition) is 0. The van der Waals surface area contributed by atoms with E-state index in [1.165, 1.54) is 24.3 Å². The Morgan fingerprint density at radius 3 is 1.45 bits per heavy atom. The highest BCUT2D eigenvalue weighted by molar-refractivity contribution is 7.82. The van der Waals surface area contributed by atoms with Gasteiger partial charge < -0.3 is 8.37 Å². The van der Waals surface area contributed by atoms with Crippen LogP contribution in [0.4, 0.5) is 7.77 Å². The molecule has 2 aromatic carbocycles. The Balaban J connectivity index is 2.44. The minimum Gasteiger partial charge on any atom is -0.358 e. The number of benzene rings is 2. The van der Waals surface area contributed by atoms with E-state index in [2.05, 4.69) is 8.37 Å². The summed E-state index contributed by atoms with van der Waals surface area (Å²) in [6, 6.07) is 7.47. The Morgan fingerprint density at radius 1 is 0.700 bits per heavy atom. The Labute approximate surface area is 113 Å². The molecule has 108 valence electrons. The predicted octanol–water partition coefficient (Wildman–Crippen LogP) is 2.03. The molecule has 0 saturated heterocycles. The van der Waals surface area contributed by atoms with Crippen molar-refractivity contribution in [2.45, 2.75) is 0 Å². The van der Waals surface area contributed by atoms with Crippen molar-refractivity contribution in [1.29, 1.82) is 0 Å². The standard InChI is InChI=1S/C10H6F2O6S2/c11-19(13,14)17-9-3-1-7-2-4-10(6-8(7)5-9)18-20(12,15)16/h1-6H. The van der Waals surface area contributed by atoms with E-state index in [-0.39, 0.29) is 16.9 Å². The first-order valence-corrected chi connectivity index (χ1v) is 7.56. The lowest BCUT2D eigenvalue weighted by Gasteiger charge is -2.04. The van der Waals surface area contributed by atoms with Gasteiger partial charge in [0.25, 0.3) is 0 Å². The molecule has 0 N–H and O–H groups in total. The van der Waals surface area contributed by atoms with Crippen LogP contribution in [0.5, 0.6) is 11.5 Å². The van der Waals surface area contributed by atoms with Gasteiger partial charge in [0.05, 0.1) is 0 Å². The maximum Gasteiger partial charge on any atom is 0.488 e. The van der Waals surface area contributed by atoms with Gasteiger partial charge in [-0.1, -0.05) is 19.9 Å². The van der Waals surface area contributed by atoms with Gasteiger partial charge in [0.1, 0.15) is 11.5 Å². The monoisotopic (exact) mass is 324 g/mol. The molecule has 10 heteroatoms. The van der Waals surface area contributed by atoms with Crippen LogP contribution >= 0.6 is 0 Å². The average Bonchev–Trinajstić information content (AvgIpc) is 2.23. The maximum atomic E-state index is 12.4. The summed E-state index contributed by atoms with van der Waals surface area (Å²) in [5.74, 6) is -0.638. The fraction of sp³-hybridized carbons (Fsp3) is 0. The molecule has 0 bridgehead atoms. The molecule has 0 spiro atoms. The van der Waals surface area contributed by atoms with E-state index >= 15 is 0 Å². The van der Waals surface area contributed by atoms with Crippen molar-refractivity contribution < 1.29 is 33.0 Å². The van der Waals surface area contributed by atoms with Crippen LogP contribution in [0.25, 0.3) is 10.8 Å². The molecule has 0 aliphatic carbocycles. The molecule has 0 amide bonds. The highest BCUT2D eigenvalue weighted by atomic mass is 32.3. The summed E-state index contributed by atoms with van der Waals surface area (Å²) in [6.45, 7) is 0. The highest BCUT2D eigenvalue weighted by Gasteiger charge is 2.12. The molecular formula is C10H6F2O6S2. The summed E-state index contributed by atoms with van der Waals surface area (Å²) < 4.78 is 74.2. The summed E-state index contributed by atoms with van der Waals surface area (Å²) in [7, 11) is -10.3. The predicted molar refractivity (Wildman–Crippen MR) is 65.3 cm³/mol. The average molecular weight is 324 g/mol. The molecule has 0 atom stereocenters. The van der Waals surface area contributed by atoms with E-state index in [4.69, 9.17) is 0 Å². The number of hydrogen-bond acceptors (Lipinski definition) is 6. The van der Waals surface area contributed by atoms with Crippen LogP contribution in [0, 0.1) is 0 Å². The third-order valence-corrected chi connectivity index (χ3v) is 2.96. The summed E-state index contributed by atoms with van der Waals surface area (Å²) in [5, 5.41) is 0.824. The molecule has 6 nitrogen and oxygen atoms in total. The zero-order chi connectivity index (χ0) is 15.0. The summed E-state index contributed by atoms with van der Waals surface area (Å²) in [6.07, 6.45) is 0. The molecule has 2 aromatic rings. The number of rotatable bonds is 4. The van der Waals surface area contributed by atoms with Crippen molar-refractivity contribution in [1.82, 2.24) is 0 Å². The SMILES string of the molecule is O=S(=O)(F)Oc1ccc2ccc(OS(=O)(=O)F)cc2c1. The highest BCUT2D eigenvalue weighted by Crippen LogP contribution is 2.26. The fourth-order valence-electron chi connectivity index (χ4n) is 1.54.